The van der Waals surface area contributed by atoms with Crippen molar-refractivity contribution >= 4 is 0 Å². The highest BCUT2D eigenvalue weighted by atomic mass is 16.5. The van der Waals surface area contributed by atoms with Gasteiger partial charge in [0.25, 0.3) is 0 Å². The van der Waals surface area contributed by atoms with E-state index in [9.17, 15) is 0 Å². The molecule has 1 heterocycles. The van der Waals surface area contributed by atoms with Crippen LogP contribution in [0.25, 0.3) is 0 Å². The Morgan fingerprint density at radius 3 is 2.57 bits per heavy atom. The Hall–Kier alpha value is -0.120. The Balaban J connectivity index is 2.08. The molecule has 3 nitrogen and oxygen atoms in total. The quantitative estimate of drug-likeness (QED) is 0.594. The summed E-state index contributed by atoms with van der Waals surface area (Å²) < 4.78 is 5.35. The molecule has 0 aromatic rings. The molecule has 0 saturated carbocycles. The molecule has 0 aromatic carbocycles. The Morgan fingerprint density at radius 2 is 2.07 bits per heavy atom. The van der Waals surface area contributed by atoms with Crippen molar-refractivity contribution in [3.05, 3.63) is 0 Å². The van der Waals surface area contributed by atoms with E-state index in [2.05, 4.69) is 24.1 Å². The smallest absolute Gasteiger partial charge is 0.0478 e. The second kappa shape index (κ2) is 7.21. The summed E-state index contributed by atoms with van der Waals surface area (Å²) in [6, 6.07) is 0.788. The number of rotatable bonds is 8. The summed E-state index contributed by atoms with van der Waals surface area (Å²) in [5, 5.41) is 3.33. The van der Waals surface area contributed by atoms with E-state index < -0.39 is 0 Å². The zero-order valence-electron chi connectivity index (χ0n) is 9.59. The van der Waals surface area contributed by atoms with Crippen molar-refractivity contribution in [3.63, 3.8) is 0 Å². The van der Waals surface area contributed by atoms with E-state index in [1.54, 1.807) is 0 Å². The van der Waals surface area contributed by atoms with E-state index >= 15 is 0 Å². The van der Waals surface area contributed by atoms with E-state index in [-0.39, 0.29) is 0 Å². The fourth-order valence-electron chi connectivity index (χ4n) is 1.81. The summed E-state index contributed by atoms with van der Waals surface area (Å²) in [6.45, 7) is 10.8. The molecule has 3 heteroatoms. The molecule has 1 aliphatic rings. The van der Waals surface area contributed by atoms with Crippen LogP contribution in [0.3, 0.4) is 0 Å². The molecule has 14 heavy (non-hydrogen) atoms. The maximum absolute atomic E-state index is 5.35. The predicted octanol–water partition coefficient (Wildman–Crippen LogP) is 1.10. The highest BCUT2D eigenvalue weighted by Gasteiger charge is 2.22. The van der Waals surface area contributed by atoms with Crippen LogP contribution in [0.5, 0.6) is 0 Å². The minimum atomic E-state index is 0.788. The van der Waals surface area contributed by atoms with E-state index in [1.165, 1.54) is 39.0 Å². The standard InChI is InChI=1S/C11H24N2O/c1-3-6-13(11-9-12-10-11)7-5-8-14-4-2/h11-12H,3-10H2,1-2H3. The van der Waals surface area contributed by atoms with Gasteiger partial charge in [-0.25, -0.2) is 0 Å². The number of hydrogen-bond donors (Lipinski definition) is 1. The van der Waals surface area contributed by atoms with Crippen LogP contribution >= 0.6 is 0 Å². The summed E-state index contributed by atoms with van der Waals surface area (Å²) in [5.74, 6) is 0. The van der Waals surface area contributed by atoms with Gasteiger partial charge in [-0.05, 0) is 26.3 Å². The lowest BCUT2D eigenvalue weighted by molar-refractivity contribution is 0.105. The normalized spacial score (nSPS) is 17.4. The number of nitrogens with zero attached hydrogens (tertiary/aromatic N) is 1. The summed E-state index contributed by atoms with van der Waals surface area (Å²) >= 11 is 0. The monoisotopic (exact) mass is 200 g/mol. The maximum atomic E-state index is 5.35. The van der Waals surface area contributed by atoms with Crippen molar-refractivity contribution in [2.45, 2.75) is 32.7 Å². The average molecular weight is 200 g/mol. The number of nitrogens with one attached hydrogen (secondary N) is 1. The Bertz CT molecular complexity index is 137. The van der Waals surface area contributed by atoms with Gasteiger partial charge in [0.2, 0.25) is 0 Å². The third kappa shape index (κ3) is 3.95. The van der Waals surface area contributed by atoms with Crippen LogP contribution in [0.15, 0.2) is 0 Å². The predicted molar refractivity (Wildman–Crippen MR) is 59.6 cm³/mol. The molecule has 1 N–H and O–H groups in total. The molecule has 1 aliphatic heterocycles. The first-order chi connectivity index (χ1) is 6.88. The SMILES string of the molecule is CCCN(CCCOCC)C1CNC1. The van der Waals surface area contributed by atoms with Crippen molar-refractivity contribution in [1.82, 2.24) is 10.2 Å². The van der Waals surface area contributed by atoms with Crippen LogP contribution in [-0.4, -0.2) is 50.3 Å². The summed E-state index contributed by atoms with van der Waals surface area (Å²) in [7, 11) is 0. The van der Waals surface area contributed by atoms with E-state index in [0.717, 1.165) is 19.3 Å². The molecule has 84 valence electrons. The molecular formula is C11H24N2O. The first kappa shape index (κ1) is 12.0. The van der Waals surface area contributed by atoms with Gasteiger partial charge in [-0.2, -0.15) is 0 Å². The lowest BCUT2D eigenvalue weighted by atomic mass is 10.1. The second-order valence-corrected chi connectivity index (χ2v) is 3.90. The van der Waals surface area contributed by atoms with Gasteiger partial charge in [0.1, 0.15) is 0 Å². The van der Waals surface area contributed by atoms with E-state index in [0.29, 0.717) is 0 Å². The van der Waals surface area contributed by atoms with Crippen molar-refractivity contribution in [2.24, 2.45) is 0 Å². The van der Waals surface area contributed by atoms with Gasteiger partial charge in [-0.3, -0.25) is 4.90 Å². The van der Waals surface area contributed by atoms with Crippen molar-refractivity contribution in [1.29, 1.82) is 0 Å². The van der Waals surface area contributed by atoms with Crippen molar-refractivity contribution in [2.75, 3.05) is 39.4 Å². The van der Waals surface area contributed by atoms with Gasteiger partial charge in [-0.1, -0.05) is 6.92 Å². The van der Waals surface area contributed by atoms with Gasteiger partial charge < -0.3 is 10.1 Å². The molecule has 0 amide bonds. The first-order valence-corrected chi connectivity index (χ1v) is 5.91. The Kier molecular flexibility index (Phi) is 6.15. The highest BCUT2D eigenvalue weighted by Crippen LogP contribution is 2.06. The third-order valence-corrected chi connectivity index (χ3v) is 2.73. The van der Waals surface area contributed by atoms with E-state index in [1.807, 2.05) is 0 Å². The summed E-state index contributed by atoms with van der Waals surface area (Å²) in [4.78, 5) is 2.59. The molecule has 0 aromatic heterocycles. The van der Waals surface area contributed by atoms with Gasteiger partial charge in [-0.15, -0.1) is 0 Å². The lowest BCUT2D eigenvalue weighted by Gasteiger charge is -2.38. The zero-order valence-corrected chi connectivity index (χ0v) is 9.59. The fourth-order valence-corrected chi connectivity index (χ4v) is 1.81. The lowest BCUT2D eigenvalue weighted by Crippen LogP contribution is -2.57. The van der Waals surface area contributed by atoms with Gasteiger partial charge >= 0.3 is 0 Å². The van der Waals surface area contributed by atoms with Crippen LogP contribution in [0.4, 0.5) is 0 Å². The second-order valence-electron chi connectivity index (χ2n) is 3.90. The first-order valence-electron chi connectivity index (χ1n) is 5.91. The molecule has 1 saturated heterocycles. The maximum Gasteiger partial charge on any atom is 0.0478 e. The Morgan fingerprint density at radius 1 is 1.29 bits per heavy atom. The molecule has 0 atom stereocenters. The third-order valence-electron chi connectivity index (χ3n) is 2.73. The summed E-state index contributed by atoms with van der Waals surface area (Å²) in [5.41, 5.74) is 0. The Labute approximate surface area is 87.8 Å². The zero-order chi connectivity index (χ0) is 10.2. The fraction of sp³-hybridized carbons (Fsp3) is 1.00. The number of hydrogen-bond acceptors (Lipinski definition) is 3. The summed E-state index contributed by atoms with van der Waals surface area (Å²) in [6.07, 6.45) is 2.43. The van der Waals surface area contributed by atoms with Gasteiger partial charge in [0.15, 0.2) is 0 Å². The minimum absolute atomic E-state index is 0.788. The molecule has 0 bridgehead atoms. The largest absolute Gasteiger partial charge is 0.382 e. The van der Waals surface area contributed by atoms with Crippen LogP contribution < -0.4 is 5.32 Å². The minimum Gasteiger partial charge on any atom is -0.382 e. The average Bonchev–Trinajstić information content (AvgIpc) is 2.10. The molecule has 0 spiro atoms. The molecule has 1 fully saturated rings. The molecule has 1 rings (SSSR count). The van der Waals surface area contributed by atoms with Crippen LogP contribution in [-0.2, 0) is 4.74 Å². The topological polar surface area (TPSA) is 24.5 Å². The highest BCUT2D eigenvalue weighted by molar-refractivity contribution is 4.84. The van der Waals surface area contributed by atoms with Gasteiger partial charge in [0, 0.05) is 38.9 Å². The van der Waals surface area contributed by atoms with Crippen molar-refractivity contribution < 1.29 is 4.74 Å². The number of ether oxygens (including phenoxy) is 1. The molecule has 0 radical (unpaired) electrons. The van der Waals surface area contributed by atoms with Gasteiger partial charge in [0.05, 0.1) is 0 Å². The molecule has 0 unspecified atom stereocenters. The van der Waals surface area contributed by atoms with Crippen LogP contribution in [0.1, 0.15) is 26.7 Å². The van der Waals surface area contributed by atoms with Crippen molar-refractivity contribution in [3.8, 4) is 0 Å². The molecular weight excluding hydrogens is 176 g/mol. The van der Waals surface area contributed by atoms with Crippen LogP contribution in [0.2, 0.25) is 0 Å². The van der Waals surface area contributed by atoms with Crippen LogP contribution in [0, 0.1) is 0 Å². The molecule has 0 aliphatic carbocycles. The van der Waals surface area contributed by atoms with E-state index in [4.69, 9.17) is 4.74 Å².